The highest BCUT2D eigenvalue weighted by atomic mass is 79.9. The summed E-state index contributed by atoms with van der Waals surface area (Å²) in [4.78, 5) is 21.3. The Balaban J connectivity index is 3.79. The predicted octanol–water partition coefficient (Wildman–Crippen LogP) is 1.26. The Hall–Kier alpha value is -0.580. The zero-order valence-electron chi connectivity index (χ0n) is 7.08. The van der Waals surface area contributed by atoms with Crippen molar-refractivity contribution in [3.8, 4) is 0 Å². The summed E-state index contributed by atoms with van der Waals surface area (Å²) in [5.74, 6) is -1.12. The molecule has 0 unspecified atom stereocenters. The second-order valence-electron chi connectivity index (χ2n) is 2.72. The van der Waals surface area contributed by atoms with Gasteiger partial charge in [0, 0.05) is 12.5 Å². The van der Waals surface area contributed by atoms with Gasteiger partial charge < -0.3 is 5.11 Å². The van der Waals surface area contributed by atoms with Gasteiger partial charge in [-0.1, -0.05) is 13.8 Å². The number of carbonyl (C=O) groups excluding carboxylic acids is 1. The van der Waals surface area contributed by atoms with Crippen LogP contribution in [0.1, 0.15) is 20.3 Å². The number of rotatable bonds is 4. The molecule has 0 radical (unpaired) electrons. The lowest BCUT2D eigenvalue weighted by Gasteiger charge is -2.15. The molecule has 0 heterocycles. The van der Waals surface area contributed by atoms with Gasteiger partial charge in [0.25, 0.3) is 0 Å². The van der Waals surface area contributed by atoms with E-state index in [0.717, 1.165) is 0 Å². The zero-order valence-corrected chi connectivity index (χ0v) is 8.67. The van der Waals surface area contributed by atoms with E-state index in [4.69, 9.17) is 5.11 Å². The molecule has 70 valence electrons. The summed E-state index contributed by atoms with van der Waals surface area (Å²) < 4.78 is 1.26. The Labute approximate surface area is 79.9 Å². The van der Waals surface area contributed by atoms with Gasteiger partial charge in [0.1, 0.15) is 0 Å². The van der Waals surface area contributed by atoms with Crippen LogP contribution < -0.4 is 0 Å². The van der Waals surface area contributed by atoms with Crippen molar-refractivity contribution < 1.29 is 14.7 Å². The first-order chi connectivity index (χ1) is 5.45. The molecule has 1 amide bonds. The van der Waals surface area contributed by atoms with Crippen molar-refractivity contribution in [1.29, 1.82) is 0 Å². The van der Waals surface area contributed by atoms with Gasteiger partial charge in [-0.15, -0.1) is 0 Å². The summed E-state index contributed by atoms with van der Waals surface area (Å²) in [6.45, 7) is 3.72. The van der Waals surface area contributed by atoms with Crippen molar-refractivity contribution in [2.45, 2.75) is 20.3 Å². The molecule has 5 heteroatoms. The topological polar surface area (TPSA) is 57.6 Å². The first kappa shape index (κ1) is 11.4. The Morgan fingerprint density at radius 3 is 2.33 bits per heavy atom. The fraction of sp³-hybridized carbons (Fsp3) is 0.714. The van der Waals surface area contributed by atoms with E-state index in [-0.39, 0.29) is 24.8 Å². The van der Waals surface area contributed by atoms with Crippen LogP contribution in [0.15, 0.2) is 0 Å². The Kier molecular flexibility index (Phi) is 4.89. The molecular formula is C7H12BrNO3. The minimum atomic E-state index is -0.906. The maximum atomic E-state index is 11.1. The molecule has 12 heavy (non-hydrogen) atoms. The van der Waals surface area contributed by atoms with Gasteiger partial charge >= 0.3 is 5.97 Å². The van der Waals surface area contributed by atoms with Gasteiger partial charge in [0.05, 0.1) is 22.6 Å². The number of nitrogens with zero attached hydrogens (tertiary/aromatic N) is 1. The van der Waals surface area contributed by atoms with Crippen LogP contribution in [0.4, 0.5) is 0 Å². The fourth-order valence-electron chi connectivity index (χ4n) is 0.584. The van der Waals surface area contributed by atoms with Crippen LogP contribution in [-0.2, 0) is 9.59 Å². The fourth-order valence-corrected chi connectivity index (χ4v) is 1.17. The summed E-state index contributed by atoms with van der Waals surface area (Å²) in [6.07, 6.45) is -0.0380. The lowest BCUT2D eigenvalue weighted by molar-refractivity contribution is -0.137. The Morgan fingerprint density at radius 1 is 1.50 bits per heavy atom. The number of carboxylic acid groups (broad SMARTS) is 1. The molecular weight excluding hydrogens is 226 g/mol. The van der Waals surface area contributed by atoms with E-state index >= 15 is 0 Å². The SMILES string of the molecule is CC(C)C(=O)N(Br)CCC(=O)O. The number of halogens is 1. The smallest absolute Gasteiger partial charge is 0.305 e. The first-order valence-corrected chi connectivity index (χ1v) is 4.35. The summed E-state index contributed by atoms with van der Waals surface area (Å²) in [5.41, 5.74) is 0. The summed E-state index contributed by atoms with van der Waals surface area (Å²) >= 11 is 2.99. The van der Waals surface area contributed by atoms with Crippen LogP contribution in [0.3, 0.4) is 0 Å². The lowest BCUT2D eigenvalue weighted by atomic mass is 10.2. The monoisotopic (exact) mass is 237 g/mol. The van der Waals surface area contributed by atoms with Crippen LogP contribution in [0.25, 0.3) is 0 Å². The van der Waals surface area contributed by atoms with Crippen molar-refractivity contribution >= 4 is 28.0 Å². The second kappa shape index (κ2) is 5.13. The van der Waals surface area contributed by atoms with Crippen molar-refractivity contribution in [2.75, 3.05) is 6.54 Å². The lowest BCUT2D eigenvalue weighted by Crippen LogP contribution is -2.27. The number of amides is 1. The molecule has 0 aliphatic rings. The maximum absolute atomic E-state index is 11.1. The molecule has 0 bridgehead atoms. The van der Waals surface area contributed by atoms with E-state index in [0.29, 0.717) is 0 Å². The van der Waals surface area contributed by atoms with Crippen LogP contribution in [0.5, 0.6) is 0 Å². The third-order valence-corrected chi connectivity index (χ3v) is 1.96. The van der Waals surface area contributed by atoms with E-state index < -0.39 is 5.97 Å². The van der Waals surface area contributed by atoms with Crippen molar-refractivity contribution in [3.05, 3.63) is 0 Å². The summed E-state index contributed by atoms with van der Waals surface area (Å²) in [7, 11) is 0. The molecule has 0 spiro atoms. The number of hydrogen-bond donors (Lipinski definition) is 1. The second-order valence-corrected chi connectivity index (χ2v) is 3.58. The Bertz CT molecular complexity index is 181. The highest BCUT2D eigenvalue weighted by Gasteiger charge is 2.14. The van der Waals surface area contributed by atoms with Gasteiger partial charge in [0.15, 0.2) is 0 Å². The minimum Gasteiger partial charge on any atom is -0.481 e. The van der Waals surface area contributed by atoms with Gasteiger partial charge in [0.2, 0.25) is 5.91 Å². The average molecular weight is 238 g/mol. The predicted molar refractivity (Wildman–Crippen MR) is 47.7 cm³/mol. The molecule has 0 rings (SSSR count). The van der Waals surface area contributed by atoms with Crippen molar-refractivity contribution in [1.82, 2.24) is 3.93 Å². The standard InChI is InChI=1S/C7H12BrNO3/c1-5(2)7(12)9(8)4-3-6(10)11/h5H,3-4H2,1-2H3,(H,10,11). The molecule has 0 saturated heterocycles. The van der Waals surface area contributed by atoms with E-state index in [1.807, 2.05) is 0 Å². The van der Waals surface area contributed by atoms with Crippen LogP contribution in [-0.4, -0.2) is 27.5 Å². The van der Waals surface area contributed by atoms with Gasteiger partial charge in [-0.25, -0.2) is 0 Å². The third-order valence-electron chi connectivity index (χ3n) is 1.26. The number of carboxylic acids is 1. The first-order valence-electron chi connectivity index (χ1n) is 3.64. The summed E-state index contributed by atoms with van der Waals surface area (Å²) in [5, 5.41) is 8.32. The number of aliphatic carboxylic acids is 1. The van der Waals surface area contributed by atoms with E-state index in [2.05, 4.69) is 16.1 Å². The highest BCUT2D eigenvalue weighted by molar-refractivity contribution is 9.07. The average Bonchev–Trinajstić information content (AvgIpc) is 1.98. The zero-order chi connectivity index (χ0) is 9.72. The third kappa shape index (κ3) is 4.33. The molecule has 0 aliphatic heterocycles. The normalized spacial score (nSPS) is 10.0. The molecule has 4 nitrogen and oxygen atoms in total. The molecule has 0 aromatic heterocycles. The maximum Gasteiger partial charge on any atom is 0.305 e. The van der Waals surface area contributed by atoms with Gasteiger partial charge in [-0.05, 0) is 0 Å². The molecule has 0 aromatic carbocycles. The van der Waals surface area contributed by atoms with Crippen LogP contribution in [0.2, 0.25) is 0 Å². The minimum absolute atomic E-state index is 0.0380. The van der Waals surface area contributed by atoms with Crippen molar-refractivity contribution in [3.63, 3.8) is 0 Å². The summed E-state index contributed by atoms with van der Waals surface area (Å²) in [6, 6.07) is 0. The van der Waals surface area contributed by atoms with E-state index in [9.17, 15) is 9.59 Å². The quantitative estimate of drug-likeness (QED) is 0.750. The molecule has 0 atom stereocenters. The van der Waals surface area contributed by atoms with Crippen LogP contribution in [0, 0.1) is 5.92 Å². The molecule has 0 aliphatic carbocycles. The molecule has 1 N–H and O–H groups in total. The molecule has 0 fully saturated rings. The largest absolute Gasteiger partial charge is 0.481 e. The van der Waals surface area contributed by atoms with E-state index in [1.54, 1.807) is 13.8 Å². The van der Waals surface area contributed by atoms with Gasteiger partial charge in [-0.2, -0.15) is 0 Å². The molecule has 0 saturated carbocycles. The van der Waals surface area contributed by atoms with E-state index in [1.165, 1.54) is 3.93 Å². The Morgan fingerprint density at radius 2 is 2.00 bits per heavy atom. The number of carbonyl (C=O) groups is 2. The van der Waals surface area contributed by atoms with Gasteiger partial charge in [-0.3, -0.25) is 13.5 Å². The highest BCUT2D eigenvalue weighted by Crippen LogP contribution is 2.06. The molecule has 0 aromatic rings. The number of hydrogen-bond acceptors (Lipinski definition) is 2. The van der Waals surface area contributed by atoms with Crippen LogP contribution >= 0.6 is 16.1 Å². The van der Waals surface area contributed by atoms with Crippen molar-refractivity contribution in [2.24, 2.45) is 5.92 Å².